The predicted octanol–water partition coefficient (Wildman–Crippen LogP) is -2.13. The number of piperazine rings is 1. The summed E-state index contributed by atoms with van der Waals surface area (Å²) in [4.78, 5) is 43.9. The highest BCUT2D eigenvalue weighted by Crippen LogP contribution is 2.04. The molecule has 8 nitrogen and oxygen atoms in total. The second-order valence-electron chi connectivity index (χ2n) is 6.31. The minimum absolute atomic E-state index is 0.0480. The van der Waals surface area contributed by atoms with Gasteiger partial charge in [-0.25, -0.2) is 4.98 Å². The number of quaternary nitrogens is 1. The molecule has 2 aromatic rings. The van der Waals surface area contributed by atoms with Gasteiger partial charge in [-0.1, -0.05) is 12.1 Å². The summed E-state index contributed by atoms with van der Waals surface area (Å²) in [7, 11) is 2.10. The summed E-state index contributed by atoms with van der Waals surface area (Å²) in [5, 5.41) is 3.06. The first-order chi connectivity index (χ1) is 12.0. The molecule has 0 bridgehead atoms. The lowest BCUT2D eigenvalue weighted by Gasteiger charge is -2.30. The molecule has 0 unspecified atom stereocenters. The van der Waals surface area contributed by atoms with Crippen molar-refractivity contribution in [3.8, 4) is 0 Å². The van der Waals surface area contributed by atoms with E-state index >= 15 is 0 Å². The molecule has 3 rings (SSSR count). The minimum Gasteiger partial charge on any atom is -0.345 e. The average molecular weight is 344 g/mol. The number of hydrogen-bond donors (Lipinski definition) is 2. The van der Waals surface area contributed by atoms with Crippen molar-refractivity contribution in [1.29, 1.82) is 0 Å². The van der Waals surface area contributed by atoms with Crippen LogP contribution in [0.5, 0.6) is 0 Å². The van der Waals surface area contributed by atoms with Gasteiger partial charge in [-0.3, -0.25) is 19.0 Å². The van der Waals surface area contributed by atoms with Gasteiger partial charge in [0.15, 0.2) is 0 Å². The molecule has 1 saturated heterocycles. The van der Waals surface area contributed by atoms with Crippen molar-refractivity contribution in [1.82, 2.24) is 19.8 Å². The molecule has 0 saturated carbocycles. The molecule has 25 heavy (non-hydrogen) atoms. The zero-order valence-electron chi connectivity index (χ0n) is 14.2. The van der Waals surface area contributed by atoms with Crippen molar-refractivity contribution < 1.29 is 14.5 Å². The average Bonchev–Trinajstić information content (AvgIpc) is 2.63. The molecule has 1 aliphatic rings. The SMILES string of the molecule is C[NH+]1CCN(C(=O)CNC(=O)Cn2cnc3ccccc3c2=O)CC1. The number of likely N-dealkylation sites (N-methyl/N-ethyl adjacent to an activating group) is 1. The number of benzene rings is 1. The zero-order valence-corrected chi connectivity index (χ0v) is 14.2. The fourth-order valence-electron chi connectivity index (χ4n) is 2.85. The zero-order chi connectivity index (χ0) is 17.8. The van der Waals surface area contributed by atoms with E-state index in [9.17, 15) is 14.4 Å². The van der Waals surface area contributed by atoms with Crippen molar-refractivity contribution in [2.45, 2.75) is 6.54 Å². The standard InChI is InChI=1S/C17H21N5O3/c1-20-6-8-21(9-7-20)16(24)10-18-15(23)11-22-12-19-14-5-3-2-4-13(14)17(22)25/h2-5,12H,6-11H2,1H3,(H,18,23)/p+1. The van der Waals surface area contributed by atoms with Gasteiger partial charge in [0.05, 0.1) is 57.0 Å². The summed E-state index contributed by atoms with van der Waals surface area (Å²) in [6.07, 6.45) is 1.36. The molecule has 0 spiro atoms. The Labute approximate surface area is 145 Å². The van der Waals surface area contributed by atoms with E-state index in [4.69, 9.17) is 0 Å². The van der Waals surface area contributed by atoms with Crippen molar-refractivity contribution >= 4 is 22.7 Å². The molecule has 1 fully saturated rings. The maximum Gasteiger partial charge on any atom is 0.261 e. The van der Waals surface area contributed by atoms with Crippen molar-refractivity contribution in [3.05, 3.63) is 40.9 Å². The Morgan fingerprint density at radius 2 is 1.96 bits per heavy atom. The van der Waals surface area contributed by atoms with Crippen LogP contribution in [0.3, 0.4) is 0 Å². The first-order valence-corrected chi connectivity index (χ1v) is 8.34. The van der Waals surface area contributed by atoms with Gasteiger partial charge >= 0.3 is 0 Å². The number of hydrogen-bond acceptors (Lipinski definition) is 4. The summed E-state index contributed by atoms with van der Waals surface area (Å²) in [5.74, 6) is -0.475. The van der Waals surface area contributed by atoms with Crippen LogP contribution in [0.4, 0.5) is 0 Å². The first kappa shape index (κ1) is 17.1. The monoisotopic (exact) mass is 344 g/mol. The number of carbonyl (C=O) groups is 2. The molecule has 1 aromatic heterocycles. The van der Waals surface area contributed by atoms with Gasteiger partial charge in [0.2, 0.25) is 11.8 Å². The largest absolute Gasteiger partial charge is 0.345 e. The topological polar surface area (TPSA) is 88.7 Å². The van der Waals surface area contributed by atoms with Crippen LogP contribution in [0.2, 0.25) is 0 Å². The molecular formula is C17H22N5O3+. The van der Waals surface area contributed by atoms with Crippen LogP contribution in [0, 0.1) is 0 Å². The summed E-state index contributed by atoms with van der Waals surface area (Å²) < 4.78 is 1.25. The second-order valence-corrected chi connectivity index (χ2v) is 6.31. The molecule has 2 amide bonds. The van der Waals surface area contributed by atoms with Gasteiger partial charge in [0.1, 0.15) is 6.54 Å². The Morgan fingerprint density at radius 3 is 2.72 bits per heavy atom. The molecule has 0 atom stereocenters. The van der Waals surface area contributed by atoms with E-state index in [1.165, 1.54) is 15.8 Å². The molecule has 1 aliphatic heterocycles. The lowest BCUT2D eigenvalue weighted by atomic mass is 10.2. The molecule has 0 radical (unpaired) electrons. The number of nitrogens with zero attached hydrogens (tertiary/aromatic N) is 3. The van der Waals surface area contributed by atoms with E-state index in [0.29, 0.717) is 24.0 Å². The van der Waals surface area contributed by atoms with E-state index in [1.807, 2.05) is 0 Å². The Morgan fingerprint density at radius 1 is 1.24 bits per heavy atom. The maximum atomic E-state index is 12.3. The van der Waals surface area contributed by atoms with E-state index in [0.717, 1.165) is 13.1 Å². The van der Waals surface area contributed by atoms with Crippen LogP contribution in [-0.4, -0.2) is 66.0 Å². The molecule has 2 heterocycles. The van der Waals surface area contributed by atoms with Gasteiger partial charge in [0, 0.05) is 0 Å². The highest BCUT2D eigenvalue weighted by Gasteiger charge is 2.21. The van der Waals surface area contributed by atoms with Gasteiger partial charge in [0.25, 0.3) is 5.56 Å². The van der Waals surface area contributed by atoms with Gasteiger partial charge < -0.3 is 15.1 Å². The summed E-state index contributed by atoms with van der Waals surface area (Å²) in [6.45, 7) is 3.03. The number of carbonyl (C=O) groups excluding carboxylic acids is 2. The first-order valence-electron chi connectivity index (χ1n) is 8.34. The molecule has 2 N–H and O–H groups in total. The molecule has 132 valence electrons. The van der Waals surface area contributed by atoms with Crippen LogP contribution >= 0.6 is 0 Å². The Bertz CT molecular complexity index is 840. The summed E-state index contributed by atoms with van der Waals surface area (Å²) >= 11 is 0. The highest BCUT2D eigenvalue weighted by molar-refractivity contribution is 5.85. The lowest BCUT2D eigenvalue weighted by Crippen LogP contribution is -3.12. The lowest BCUT2D eigenvalue weighted by molar-refractivity contribution is -0.883. The molecule has 0 aliphatic carbocycles. The third-order valence-electron chi connectivity index (χ3n) is 4.45. The minimum atomic E-state index is -0.382. The third kappa shape index (κ3) is 4.03. The van der Waals surface area contributed by atoms with Crippen molar-refractivity contribution in [2.24, 2.45) is 0 Å². The molecular weight excluding hydrogens is 322 g/mol. The number of amides is 2. The molecule has 1 aromatic carbocycles. The molecule has 8 heteroatoms. The Kier molecular flexibility index (Phi) is 5.08. The summed E-state index contributed by atoms with van der Waals surface area (Å²) in [6, 6.07) is 6.99. The normalized spacial score (nSPS) is 15.3. The van der Waals surface area contributed by atoms with Gasteiger partial charge in [-0.05, 0) is 12.1 Å². The number of nitrogens with one attached hydrogen (secondary N) is 2. The van der Waals surface area contributed by atoms with Crippen LogP contribution < -0.4 is 15.8 Å². The maximum absolute atomic E-state index is 12.3. The van der Waals surface area contributed by atoms with E-state index < -0.39 is 0 Å². The predicted molar refractivity (Wildman–Crippen MR) is 92.2 cm³/mol. The van der Waals surface area contributed by atoms with E-state index in [2.05, 4.69) is 17.3 Å². The number of aromatic nitrogens is 2. The van der Waals surface area contributed by atoms with Crippen LogP contribution in [0.15, 0.2) is 35.4 Å². The van der Waals surface area contributed by atoms with Crippen molar-refractivity contribution in [3.63, 3.8) is 0 Å². The fraction of sp³-hybridized carbons (Fsp3) is 0.412. The Hall–Kier alpha value is -2.74. The third-order valence-corrected chi connectivity index (χ3v) is 4.45. The van der Waals surface area contributed by atoms with Gasteiger partial charge in [-0.2, -0.15) is 0 Å². The van der Waals surface area contributed by atoms with Gasteiger partial charge in [-0.15, -0.1) is 0 Å². The van der Waals surface area contributed by atoms with Crippen LogP contribution in [-0.2, 0) is 16.1 Å². The quantitative estimate of drug-likeness (QED) is 0.663. The number of fused-ring (bicyclic) bond motifs is 1. The number of para-hydroxylation sites is 1. The van der Waals surface area contributed by atoms with Crippen LogP contribution in [0.1, 0.15) is 0 Å². The van der Waals surface area contributed by atoms with E-state index in [1.54, 1.807) is 29.2 Å². The van der Waals surface area contributed by atoms with E-state index in [-0.39, 0.29) is 30.5 Å². The second kappa shape index (κ2) is 7.43. The van der Waals surface area contributed by atoms with Crippen molar-refractivity contribution in [2.75, 3.05) is 39.8 Å². The summed E-state index contributed by atoms with van der Waals surface area (Å²) in [5.41, 5.74) is 0.325. The smallest absolute Gasteiger partial charge is 0.261 e. The fourth-order valence-corrected chi connectivity index (χ4v) is 2.85. The van der Waals surface area contributed by atoms with Crippen LogP contribution in [0.25, 0.3) is 10.9 Å². The number of rotatable bonds is 4. The Balaban J connectivity index is 1.57. The highest BCUT2D eigenvalue weighted by atomic mass is 16.2.